The summed E-state index contributed by atoms with van der Waals surface area (Å²) in [6, 6.07) is 4.14. The van der Waals surface area contributed by atoms with Gasteiger partial charge in [-0.2, -0.15) is 0 Å². The lowest BCUT2D eigenvalue weighted by molar-refractivity contribution is 0.412. The van der Waals surface area contributed by atoms with Gasteiger partial charge in [-0.1, -0.05) is 6.07 Å². The van der Waals surface area contributed by atoms with Gasteiger partial charge in [-0.05, 0) is 66.4 Å². The topological polar surface area (TPSA) is 35.0 Å². The smallest absolute Gasteiger partial charge is 0.197 e. The number of halogens is 1. The number of aromatic nitrogens is 2. The predicted molar refractivity (Wildman–Crippen MR) is 80.7 cm³/mol. The van der Waals surface area contributed by atoms with E-state index in [1.807, 2.05) is 13.0 Å². The van der Waals surface area contributed by atoms with Crippen LogP contribution in [-0.2, 0) is 0 Å². The summed E-state index contributed by atoms with van der Waals surface area (Å²) in [4.78, 5) is 8.72. The zero-order valence-corrected chi connectivity index (χ0v) is 13.4. The van der Waals surface area contributed by atoms with E-state index in [0.29, 0.717) is 4.73 Å². The Bertz CT molecular complexity index is 618. The molecule has 2 aromatic rings. The summed E-state index contributed by atoms with van der Waals surface area (Å²) in [6.45, 7) is 8.20. The summed E-state index contributed by atoms with van der Waals surface area (Å²) in [5.74, 6) is 0.891. The number of ether oxygens (including phenoxy) is 1. The van der Waals surface area contributed by atoms with Gasteiger partial charge >= 0.3 is 0 Å². The summed E-state index contributed by atoms with van der Waals surface area (Å²) in [7, 11) is 1.70. The number of benzene rings is 1. The molecule has 3 nitrogen and oxygen atoms in total. The second kappa shape index (κ2) is 5.29. The standard InChI is InChI=1S/C15H17BrN2O/c1-8-6-9(2)13(14(19-5)11(8)4)12-7-10(3)17-15(16)18-12/h6-7H,1-5H3. The Hall–Kier alpha value is -1.42. The molecule has 1 aromatic heterocycles. The Morgan fingerprint density at radius 2 is 1.68 bits per heavy atom. The number of hydrogen-bond acceptors (Lipinski definition) is 3. The highest BCUT2D eigenvalue weighted by molar-refractivity contribution is 9.10. The third-order valence-corrected chi connectivity index (χ3v) is 3.63. The lowest BCUT2D eigenvalue weighted by atomic mass is 9.96. The molecule has 0 aliphatic carbocycles. The molecule has 0 spiro atoms. The molecule has 0 aliphatic rings. The van der Waals surface area contributed by atoms with Gasteiger partial charge in [-0.15, -0.1) is 0 Å². The zero-order valence-electron chi connectivity index (χ0n) is 11.8. The van der Waals surface area contributed by atoms with Crippen molar-refractivity contribution in [2.75, 3.05) is 7.11 Å². The van der Waals surface area contributed by atoms with E-state index < -0.39 is 0 Å². The van der Waals surface area contributed by atoms with E-state index in [2.05, 4.69) is 52.7 Å². The van der Waals surface area contributed by atoms with Gasteiger partial charge in [0.1, 0.15) is 5.75 Å². The molecule has 0 bridgehead atoms. The van der Waals surface area contributed by atoms with E-state index in [0.717, 1.165) is 33.8 Å². The lowest BCUT2D eigenvalue weighted by Gasteiger charge is -2.16. The van der Waals surface area contributed by atoms with E-state index in [4.69, 9.17) is 4.74 Å². The molecule has 0 atom stereocenters. The third kappa shape index (κ3) is 2.63. The average molecular weight is 321 g/mol. The minimum absolute atomic E-state index is 0.599. The highest BCUT2D eigenvalue weighted by atomic mass is 79.9. The fourth-order valence-electron chi connectivity index (χ4n) is 2.28. The molecule has 0 aliphatic heterocycles. The largest absolute Gasteiger partial charge is 0.496 e. The van der Waals surface area contributed by atoms with E-state index >= 15 is 0 Å². The summed E-state index contributed by atoms with van der Waals surface area (Å²) in [5.41, 5.74) is 6.38. The minimum Gasteiger partial charge on any atom is -0.496 e. The molecule has 0 radical (unpaired) electrons. The molecule has 19 heavy (non-hydrogen) atoms. The second-order valence-corrected chi connectivity index (χ2v) is 5.42. The minimum atomic E-state index is 0.599. The average Bonchev–Trinajstić information content (AvgIpc) is 2.31. The number of methoxy groups -OCH3 is 1. The number of hydrogen-bond donors (Lipinski definition) is 0. The monoisotopic (exact) mass is 320 g/mol. The first-order valence-electron chi connectivity index (χ1n) is 6.10. The molecule has 0 amide bonds. The number of aryl methyl sites for hydroxylation is 3. The molecule has 1 aromatic carbocycles. The molecule has 0 N–H and O–H groups in total. The Morgan fingerprint density at radius 3 is 2.26 bits per heavy atom. The van der Waals surface area contributed by atoms with Gasteiger partial charge < -0.3 is 4.74 Å². The SMILES string of the molecule is COc1c(C)c(C)cc(C)c1-c1cc(C)nc(Br)n1. The number of rotatable bonds is 2. The van der Waals surface area contributed by atoms with E-state index in [9.17, 15) is 0 Å². The maximum atomic E-state index is 5.60. The van der Waals surface area contributed by atoms with Gasteiger partial charge in [0.25, 0.3) is 0 Å². The zero-order chi connectivity index (χ0) is 14.2. The van der Waals surface area contributed by atoms with Crippen molar-refractivity contribution in [2.24, 2.45) is 0 Å². The van der Waals surface area contributed by atoms with Crippen LogP contribution in [0.3, 0.4) is 0 Å². The van der Waals surface area contributed by atoms with Crippen LogP contribution in [-0.4, -0.2) is 17.1 Å². The van der Waals surface area contributed by atoms with Crippen LogP contribution in [0.1, 0.15) is 22.4 Å². The second-order valence-electron chi connectivity index (χ2n) is 4.71. The van der Waals surface area contributed by atoms with Gasteiger partial charge in [-0.3, -0.25) is 0 Å². The van der Waals surface area contributed by atoms with Crippen LogP contribution >= 0.6 is 15.9 Å². The van der Waals surface area contributed by atoms with Gasteiger partial charge in [0.15, 0.2) is 4.73 Å². The van der Waals surface area contributed by atoms with Crippen LogP contribution in [0.15, 0.2) is 16.9 Å². The van der Waals surface area contributed by atoms with Crippen LogP contribution in [0.5, 0.6) is 5.75 Å². The van der Waals surface area contributed by atoms with Gasteiger partial charge in [-0.25, -0.2) is 9.97 Å². The molecule has 2 rings (SSSR count). The molecule has 4 heteroatoms. The first kappa shape index (κ1) is 14.0. The molecule has 0 fully saturated rings. The molecule has 0 unspecified atom stereocenters. The summed E-state index contributed by atoms with van der Waals surface area (Å²) in [5, 5.41) is 0. The van der Waals surface area contributed by atoms with Crippen molar-refractivity contribution in [1.29, 1.82) is 0 Å². The maximum absolute atomic E-state index is 5.60. The van der Waals surface area contributed by atoms with Gasteiger partial charge in [0.2, 0.25) is 0 Å². The van der Waals surface area contributed by atoms with Crippen molar-refractivity contribution in [3.63, 3.8) is 0 Å². The van der Waals surface area contributed by atoms with Crippen molar-refractivity contribution in [1.82, 2.24) is 9.97 Å². The lowest BCUT2D eigenvalue weighted by Crippen LogP contribution is -1.99. The highest BCUT2D eigenvalue weighted by Gasteiger charge is 2.16. The van der Waals surface area contributed by atoms with Gasteiger partial charge in [0.05, 0.1) is 12.8 Å². The van der Waals surface area contributed by atoms with Crippen molar-refractivity contribution < 1.29 is 4.74 Å². The fraction of sp³-hybridized carbons (Fsp3) is 0.333. The predicted octanol–water partition coefficient (Wildman–Crippen LogP) is 4.15. The fourth-order valence-corrected chi connectivity index (χ4v) is 2.76. The van der Waals surface area contributed by atoms with Crippen LogP contribution in [0.25, 0.3) is 11.3 Å². The van der Waals surface area contributed by atoms with Crippen LogP contribution in [0, 0.1) is 27.7 Å². The van der Waals surface area contributed by atoms with Crippen molar-refractivity contribution in [3.8, 4) is 17.0 Å². The van der Waals surface area contributed by atoms with E-state index in [1.54, 1.807) is 7.11 Å². The maximum Gasteiger partial charge on any atom is 0.197 e. The van der Waals surface area contributed by atoms with Gasteiger partial charge in [0, 0.05) is 11.3 Å². The molecule has 0 saturated carbocycles. The Morgan fingerprint density at radius 1 is 1.00 bits per heavy atom. The summed E-state index contributed by atoms with van der Waals surface area (Å²) >= 11 is 3.35. The van der Waals surface area contributed by atoms with E-state index in [-0.39, 0.29) is 0 Å². The Kier molecular flexibility index (Phi) is 3.90. The van der Waals surface area contributed by atoms with Crippen LogP contribution < -0.4 is 4.74 Å². The van der Waals surface area contributed by atoms with Crippen LogP contribution in [0.4, 0.5) is 0 Å². The van der Waals surface area contributed by atoms with Crippen molar-refractivity contribution >= 4 is 15.9 Å². The van der Waals surface area contributed by atoms with Crippen molar-refractivity contribution in [2.45, 2.75) is 27.7 Å². The molecular formula is C15H17BrN2O. The Labute approximate surface area is 122 Å². The quantitative estimate of drug-likeness (QED) is 0.780. The Balaban J connectivity index is 2.77. The van der Waals surface area contributed by atoms with E-state index in [1.165, 1.54) is 5.56 Å². The van der Waals surface area contributed by atoms with Crippen molar-refractivity contribution in [3.05, 3.63) is 39.3 Å². The molecular weight excluding hydrogens is 304 g/mol. The number of nitrogens with zero attached hydrogens (tertiary/aromatic N) is 2. The van der Waals surface area contributed by atoms with Crippen LogP contribution in [0.2, 0.25) is 0 Å². The summed E-state index contributed by atoms with van der Waals surface area (Å²) < 4.78 is 6.20. The normalized spacial score (nSPS) is 10.6. The summed E-state index contributed by atoms with van der Waals surface area (Å²) in [6.07, 6.45) is 0. The molecule has 100 valence electrons. The molecule has 0 saturated heterocycles. The molecule has 1 heterocycles. The third-order valence-electron chi connectivity index (χ3n) is 3.27. The highest BCUT2D eigenvalue weighted by Crippen LogP contribution is 2.37. The first-order valence-corrected chi connectivity index (χ1v) is 6.89. The first-order chi connectivity index (χ1) is 8.93.